The number of hydrogen-bond acceptors (Lipinski definition) is 0. The Bertz CT molecular complexity index is 266. The Kier molecular flexibility index (Phi) is 3.94. The van der Waals surface area contributed by atoms with Crippen LogP contribution in [0.5, 0.6) is 0 Å². The van der Waals surface area contributed by atoms with E-state index in [2.05, 4.69) is 32.0 Å². The average Bonchev–Trinajstić information content (AvgIpc) is 2.15. The van der Waals surface area contributed by atoms with Gasteiger partial charge in [-0.25, -0.2) is 0 Å². The molecule has 0 aliphatic heterocycles. The Hall–Kier alpha value is -0.850. The van der Waals surface area contributed by atoms with Crippen LogP contribution in [0.15, 0.2) is 18.2 Å². The normalized spacial score (nSPS) is 10.4. The fourth-order valence-electron chi connectivity index (χ4n) is 1.59. The molecule has 13 heavy (non-hydrogen) atoms. The highest BCUT2D eigenvalue weighted by Gasteiger charge is 2.00. The molecule has 0 saturated carbocycles. The molecule has 0 atom stereocenters. The van der Waals surface area contributed by atoms with Crippen molar-refractivity contribution >= 4 is 0 Å². The van der Waals surface area contributed by atoms with Crippen LogP contribution >= 0.6 is 0 Å². The fraction of sp³-hybridized carbons (Fsp3) is 0.500. The molecule has 0 nitrogen and oxygen atoms in total. The predicted molar refractivity (Wildman–Crippen MR) is 54.9 cm³/mol. The van der Waals surface area contributed by atoms with Crippen molar-refractivity contribution < 1.29 is 4.39 Å². The first kappa shape index (κ1) is 10.2. The average molecular weight is 180 g/mol. The largest absolute Gasteiger partial charge is 0.251 e. The summed E-state index contributed by atoms with van der Waals surface area (Å²) in [4.78, 5) is 0. The molecule has 0 bridgehead atoms. The van der Waals surface area contributed by atoms with Crippen LogP contribution in [0.4, 0.5) is 4.39 Å². The molecule has 0 fully saturated rings. The van der Waals surface area contributed by atoms with Gasteiger partial charge in [-0.05, 0) is 37.3 Å². The van der Waals surface area contributed by atoms with Gasteiger partial charge in [-0.3, -0.25) is 4.39 Å². The second kappa shape index (κ2) is 5.00. The maximum atomic E-state index is 12.0. The van der Waals surface area contributed by atoms with Crippen LogP contribution in [0, 0.1) is 6.92 Å². The Balaban J connectivity index is 2.81. The second-order valence-corrected chi connectivity index (χ2v) is 3.42. The molecule has 1 aromatic rings. The van der Waals surface area contributed by atoms with Gasteiger partial charge in [0.05, 0.1) is 6.67 Å². The molecule has 72 valence electrons. The summed E-state index contributed by atoms with van der Waals surface area (Å²) in [6.45, 7) is 4.01. The third-order valence-corrected chi connectivity index (χ3v) is 2.32. The SMILES string of the molecule is CCc1ccc(C)cc1CCCF. The van der Waals surface area contributed by atoms with Gasteiger partial charge in [-0.1, -0.05) is 30.7 Å². The molecule has 0 aromatic heterocycles. The van der Waals surface area contributed by atoms with Crippen LogP contribution in [-0.2, 0) is 12.8 Å². The minimum atomic E-state index is -0.211. The lowest BCUT2D eigenvalue weighted by molar-refractivity contribution is 0.472. The van der Waals surface area contributed by atoms with Gasteiger partial charge in [0.25, 0.3) is 0 Å². The predicted octanol–water partition coefficient (Wildman–Crippen LogP) is 3.46. The molecule has 0 unspecified atom stereocenters. The summed E-state index contributed by atoms with van der Waals surface area (Å²) < 4.78 is 12.0. The van der Waals surface area contributed by atoms with Crippen molar-refractivity contribution in [2.24, 2.45) is 0 Å². The lowest BCUT2D eigenvalue weighted by Gasteiger charge is -2.07. The van der Waals surface area contributed by atoms with E-state index in [9.17, 15) is 4.39 Å². The maximum Gasteiger partial charge on any atom is 0.0897 e. The zero-order valence-electron chi connectivity index (χ0n) is 8.44. The Morgan fingerprint density at radius 1 is 1.23 bits per heavy atom. The zero-order chi connectivity index (χ0) is 9.68. The van der Waals surface area contributed by atoms with Crippen molar-refractivity contribution in [3.63, 3.8) is 0 Å². The van der Waals surface area contributed by atoms with E-state index in [0.29, 0.717) is 6.42 Å². The zero-order valence-corrected chi connectivity index (χ0v) is 8.44. The molecule has 0 N–H and O–H groups in total. The van der Waals surface area contributed by atoms with E-state index in [1.165, 1.54) is 16.7 Å². The van der Waals surface area contributed by atoms with Crippen molar-refractivity contribution in [3.8, 4) is 0 Å². The molecule has 1 aromatic carbocycles. The standard InChI is InChI=1S/C12H17F/c1-3-11-7-6-10(2)9-12(11)5-4-8-13/h6-7,9H,3-5,8H2,1-2H3. The van der Waals surface area contributed by atoms with Gasteiger partial charge in [0.2, 0.25) is 0 Å². The number of rotatable bonds is 4. The van der Waals surface area contributed by atoms with Gasteiger partial charge in [-0.15, -0.1) is 0 Å². The summed E-state index contributed by atoms with van der Waals surface area (Å²) in [6, 6.07) is 6.45. The molecule has 0 heterocycles. The first-order valence-corrected chi connectivity index (χ1v) is 4.92. The summed E-state index contributed by atoms with van der Waals surface area (Å²) in [6.07, 6.45) is 2.57. The third-order valence-electron chi connectivity index (χ3n) is 2.32. The Labute approximate surface area is 79.8 Å². The van der Waals surface area contributed by atoms with Gasteiger partial charge in [0.15, 0.2) is 0 Å². The third kappa shape index (κ3) is 2.83. The molecule has 0 aliphatic rings. The summed E-state index contributed by atoms with van der Waals surface area (Å²) in [5.41, 5.74) is 3.95. The van der Waals surface area contributed by atoms with E-state index in [4.69, 9.17) is 0 Å². The first-order valence-electron chi connectivity index (χ1n) is 4.92. The fourth-order valence-corrected chi connectivity index (χ4v) is 1.59. The van der Waals surface area contributed by atoms with Gasteiger partial charge in [-0.2, -0.15) is 0 Å². The van der Waals surface area contributed by atoms with E-state index in [1.54, 1.807) is 0 Å². The van der Waals surface area contributed by atoms with Gasteiger partial charge >= 0.3 is 0 Å². The summed E-state index contributed by atoms with van der Waals surface area (Å²) in [5.74, 6) is 0. The first-order chi connectivity index (χ1) is 6.27. The van der Waals surface area contributed by atoms with Crippen LogP contribution in [-0.4, -0.2) is 6.67 Å². The van der Waals surface area contributed by atoms with Crippen molar-refractivity contribution in [3.05, 3.63) is 34.9 Å². The van der Waals surface area contributed by atoms with Crippen molar-refractivity contribution in [1.82, 2.24) is 0 Å². The summed E-state index contributed by atoms with van der Waals surface area (Å²) in [7, 11) is 0. The molecular formula is C12H17F. The summed E-state index contributed by atoms with van der Waals surface area (Å²) >= 11 is 0. The molecule has 1 rings (SSSR count). The van der Waals surface area contributed by atoms with Gasteiger partial charge < -0.3 is 0 Å². The van der Waals surface area contributed by atoms with E-state index in [-0.39, 0.29) is 6.67 Å². The smallest absolute Gasteiger partial charge is 0.0897 e. The minimum absolute atomic E-state index is 0.211. The number of hydrogen-bond donors (Lipinski definition) is 0. The molecule has 0 aliphatic carbocycles. The van der Waals surface area contributed by atoms with E-state index >= 15 is 0 Å². The molecule has 1 heteroatoms. The van der Waals surface area contributed by atoms with E-state index in [1.807, 2.05) is 0 Å². The lowest BCUT2D eigenvalue weighted by atomic mass is 9.99. The van der Waals surface area contributed by atoms with Crippen LogP contribution < -0.4 is 0 Å². The van der Waals surface area contributed by atoms with Gasteiger partial charge in [0, 0.05) is 0 Å². The minimum Gasteiger partial charge on any atom is -0.251 e. The van der Waals surface area contributed by atoms with Crippen LogP contribution in [0.2, 0.25) is 0 Å². The molecule has 0 amide bonds. The Morgan fingerprint density at radius 3 is 2.62 bits per heavy atom. The highest BCUT2D eigenvalue weighted by Crippen LogP contribution is 2.14. The lowest BCUT2D eigenvalue weighted by Crippen LogP contribution is -1.94. The molecular weight excluding hydrogens is 163 g/mol. The van der Waals surface area contributed by atoms with Crippen LogP contribution in [0.25, 0.3) is 0 Å². The number of halogens is 1. The number of aryl methyl sites for hydroxylation is 3. The van der Waals surface area contributed by atoms with Crippen molar-refractivity contribution in [2.75, 3.05) is 6.67 Å². The summed E-state index contributed by atoms with van der Waals surface area (Å²) in [5, 5.41) is 0. The number of benzene rings is 1. The monoisotopic (exact) mass is 180 g/mol. The van der Waals surface area contributed by atoms with E-state index in [0.717, 1.165) is 12.8 Å². The highest BCUT2D eigenvalue weighted by atomic mass is 19.1. The quantitative estimate of drug-likeness (QED) is 0.665. The van der Waals surface area contributed by atoms with Crippen LogP contribution in [0.1, 0.15) is 30.0 Å². The molecule has 0 spiro atoms. The van der Waals surface area contributed by atoms with Crippen molar-refractivity contribution in [2.45, 2.75) is 33.1 Å². The highest BCUT2D eigenvalue weighted by molar-refractivity contribution is 5.31. The second-order valence-electron chi connectivity index (χ2n) is 3.42. The van der Waals surface area contributed by atoms with E-state index < -0.39 is 0 Å². The number of alkyl halides is 1. The molecule has 0 radical (unpaired) electrons. The topological polar surface area (TPSA) is 0 Å². The molecule has 0 saturated heterocycles. The maximum absolute atomic E-state index is 12.0. The van der Waals surface area contributed by atoms with Gasteiger partial charge in [0.1, 0.15) is 0 Å². The van der Waals surface area contributed by atoms with Crippen LogP contribution in [0.3, 0.4) is 0 Å². The Morgan fingerprint density at radius 2 is 2.00 bits per heavy atom. The van der Waals surface area contributed by atoms with Crippen molar-refractivity contribution in [1.29, 1.82) is 0 Å².